The van der Waals surface area contributed by atoms with Crippen molar-refractivity contribution in [3.05, 3.63) is 118 Å². The minimum atomic E-state index is -0.485. The SMILES string of the molecule is COc1ccc([C@@H]2C3=C(N=c4s/c(=C/c5cc6c(cc5[N+](=O)[O-])OCO6)c(=O)n42)c2ccccc2CC3)cc1. The molecular formula is C29H21N3O6S. The van der Waals surface area contributed by atoms with Crippen LogP contribution < -0.4 is 29.1 Å². The van der Waals surface area contributed by atoms with Gasteiger partial charge < -0.3 is 14.2 Å². The molecule has 2 aliphatic heterocycles. The number of fused-ring (bicyclic) bond motifs is 4. The summed E-state index contributed by atoms with van der Waals surface area (Å²) in [4.78, 5) is 30.9. The van der Waals surface area contributed by atoms with Crippen LogP contribution in [0.3, 0.4) is 0 Å². The van der Waals surface area contributed by atoms with Crippen molar-refractivity contribution in [2.45, 2.75) is 18.9 Å². The highest BCUT2D eigenvalue weighted by atomic mass is 32.1. The Hall–Kier alpha value is -4.70. The van der Waals surface area contributed by atoms with Crippen molar-refractivity contribution in [2.24, 2.45) is 4.99 Å². The fraction of sp³-hybridized carbons (Fsp3) is 0.172. The van der Waals surface area contributed by atoms with E-state index in [9.17, 15) is 14.9 Å². The molecule has 0 bridgehead atoms. The topological polar surface area (TPSA) is 105 Å². The van der Waals surface area contributed by atoms with Crippen LogP contribution in [0, 0.1) is 10.1 Å². The molecule has 4 aromatic rings. The van der Waals surface area contributed by atoms with Crippen LogP contribution >= 0.6 is 11.3 Å². The zero-order valence-electron chi connectivity index (χ0n) is 20.7. The average molecular weight is 540 g/mol. The Morgan fingerprint density at radius 2 is 1.87 bits per heavy atom. The summed E-state index contributed by atoms with van der Waals surface area (Å²) in [6, 6.07) is 18.5. The van der Waals surface area contributed by atoms with Gasteiger partial charge in [-0.3, -0.25) is 19.5 Å². The largest absolute Gasteiger partial charge is 0.497 e. The van der Waals surface area contributed by atoms with Gasteiger partial charge in [-0.1, -0.05) is 47.7 Å². The molecule has 194 valence electrons. The van der Waals surface area contributed by atoms with Gasteiger partial charge in [0.2, 0.25) is 6.79 Å². The van der Waals surface area contributed by atoms with Crippen LogP contribution in [-0.2, 0) is 6.42 Å². The number of hydrogen-bond donors (Lipinski definition) is 0. The van der Waals surface area contributed by atoms with Crippen LogP contribution in [0.2, 0.25) is 0 Å². The van der Waals surface area contributed by atoms with Crippen molar-refractivity contribution < 1.29 is 19.1 Å². The molecule has 1 atom stereocenters. The number of allylic oxidation sites excluding steroid dienone is 1. The van der Waals surface area contributed by atoms with Crippen molar-refractivity contribution in [3.63, 3.8) is 0 Å². The maximum atomic E-state index is 14.0. The molecule has 0 saturated carbocycles. The molecule has 3 aromatic carbocycles. The minimum absolute atomic E-state index is 0.00693. The van der Waals surface area contributed by atoms with Crippen molar-refractivity contribution in [1.29, 1.82) is 0 Å². The first-order valence-corrected chi connectivity index (χ1v) is 13.2. The van der Waals surface area contributed by atoms with Crippen LogP contribution in [0.1, 0.15) is 34.7 Å². The third kappa shape index (κ3) is 3.75. The number of benzene rings is 3. The molecule has 0 saturated heterocycles. The molecule has 10 heteroatoms. The lowest BCUT2D eigenvalue weighted by Crippen LogP contribution is -2.38. The molecule has 3 heterocycles. The molecule has 3 aliphatic rings. The van der Waals surface area contributed by atoms with Crippen LogP contribution in [0.15, 0.2) is 76.0 Å². The highest BCUT2D eigenvalue weighted by molar-refractivity contribution is 7.07. The van der Waals surface area contributed by atoms with E-state index >= 15 is 0 Å². The number of nitro benzene ring substituents is 1. The third-order valence-corrected chi connectivity index (χ3v) is 8.29. The number of nitro groups is 1. The zero-order valence-corrected chi connectivity index (χ0v) is 21.6. The van der Waals surface area contributed by atoms with E-state index in [1.807, 2.05) is 36.4 Å². The van der Waals surface area contributed by atoms with Gasteiger partial charge in [0.15, 0.2) is 16.3 Å². The molecule has 9 nitrogen and oxygen atoms in total. The van der Waals surface area contributed by atoms with Gasteiger partial charge in [-0.15, -0.1) is 0 Å². The smallest absolute Gasteiger partial charge is 0.280 e. The lowest BCUT2D eigenvalue weighted by atomic mass is 9.83. The number of nitrogens with zero attached hydrogens (tertiary/aromatic N) is 3. The summed E-state index contributed by atoms with van der Waals surface area (Å²) in [5.41, 5.74) is 5.06. The summed E-state index contributed by atoms with van der Waals surface area (Å²) < 4.78 is 18.2. The summed E-state index contributed by atoms with van der Waals surface area (Å²) >= 11 is 1.22. The molecule has 1 aliphatic carbocycles. The summed E-state index contributed by atoms with van der Waals surface area (Å²) in [7, 11) is 1.62. The number of hydrogen-bond acceptors (Lipinski definition) is 8. The Balaban J connectivity index is 1.47. The summed E-state index contributed by atoms with van der Waals surface area (Å²) in [5, 5.41) is 11.8. The molecule has 0 unspecified atom stereocenters. The van der Waals surface area contributed by atoms with Gasteiger partial charge in [-0.25, -0.2) is 4.99 Å². The van der Waals surface area contributed by atoms with E-state index in [1.165, 1.54) is 23.0 Å². The predicted octanol–water partition coefficient (Wildman–Crippen LogP) is 3.96. The van der Waals surface area contributed by atoms with Gasteiger partial charge >= 0.3 is 0 Å². The molecule has 0 spiro atoms. The van der Waals surface area contributed by atoms with E-state index in [1.54, 1.807) is 23.8 Å². The number of thiazole rings is 1. The van der Waals surface area contributed by atoms with E-state index < -0.39 is 4.92 Å². The quantitative estimate of drug-likeness (QED) is 0.287. The molecule has 0 fully saturated rings. The van der Waals surface area contributed by atoms with E-state index in [4.69, 9.17) is 19.2 Å². The van der Waals surface area contributed by atoms with Crippen LogP contribution in [0.25, 0.3) is 11.8 Å². The Kier molecular flexibility index (Phi) is 5.38. The first-order valence-electron chi connectivity index (χ1n) is 12.4. The normalized spacial score (nSPS) is 17.3. The Bertz CT molecular complexity index is 1890. The van der Waals surface area contributed by atoms with Gasteiger partial charge in [0.05, 0.1) is 39.9 Å². The summed E-state index contributed by atoms with van der Waals surface area (Å²) in [6.45, 7) is -0.00693. The van der Waals surface area contributed by atoms with Crippen molar-refractivity contribution in [1.82, 2.24) is 4.57 Å². The first-order chi connectivity index (χ1) is 19.0. The van der Waals surface area contributed by atoms with Crippen LogP contribution in [0.5, 0.6) is 17.2 Å². The lowest BCUT2D eigenvalue weighted by Gasteiger charge is -2.30. The molecule has 1 aromatic heterocycles. The van der Waals surface area contributed by atoms with Crippen LogP contribution in [0.4, 0.5) is 5.69 Å². The number of methoxy groups -OCH3 is 1. The second kappa shape index (κ2) is 8.95. The molecule has 0 amide bonds. The van der Waals surface area contributed by atoms with E-state index in [-0.39, 0.29) is 29.6 Å². The summed E-state index contributed by atoms with van der Waals surface area (Å²) in [5.74, 6) is 1.44. The molecular weight excluding hydrogens is 518 g/mol. The fourth-order valence-electron chi connectivity index (χ4n) is 5.47. The number of ether oxygens (including phenoxy) is 3. The number of aryl methyl sites for hydroxylation is 1. The zero-order chi connectivity index (χ0) is 26.7. The van der Waals surface area contributed by atoms with Gasteiger partial charge in [-0.05, 0) is 53.8 Å². The molecule has 7 rings (SSSR count). The fourth-order valence-corrected chi connectivity index (χ4v) is 6.46. The van der Waals surface area contributed by atoms with Crippen molar-refractivity contribution in [3.8, 4) is 17.2 Å². The third-order valence-electron chi connectivity index (χ3n) is 7.31. The van der Waals surface area contributed by atoms with Gasteiger partial charge in [0.1, 0.15) is 5.75 Å². The van der Waals surface area contributed by atoms with Gasteiger partial charge in [0.25, 0.3) is 11.2 Å². The lowest BCUT2D eigenvalue weighted by molar-refractivity contribution is -0.385. The van der Waals surface area contributed by atoms with Crippen molar-refractivity contribution >= 4 is 28.8 Å². The van der Waals surface area contributed by atoms with E-state index in [2.05, 4.69) is 12.1 Å². The second-order valence-corrected chi connectivity index (χ2v) is 10.4. The summed E-state index contributed by atoms with van der Waals surface area (Å²) in [6.07, 6.45) is 3.17. The number of rotatable bonds is 4. The van der Waals surface area contributed by atoms with Gasteiger partial charge in [0, 0.05) is 5.56 Å². The predicted molar refractivity (Wildman–Crippen MR) is 145 cm³/mol. The van der Waals surface area contributed by atoms with Crippen LogP contribution in [-0.4, -0.2) is 23.4 Å². The maximum Gasteiger partial charge on any atom is 0.280 e. The van der Waals surface area contributed by atoms with Gasteiger partial charge in [-0.2, -0.15) is 0 Å². The van der Waals surface area contributed by atoms with E-state index in [0.717, 1.165) is 41.0 Å². The minimum Gasteiger partial charge on any atom is -0.497 e. The Labute approximate surface area is 225 Å². The second-order valence-electron chi connectivity index (χ2n) is 9.41. The Morgan fingerprint density at radius 3 is 2.64 bits per heavy atom. The molecule has 0 N–H and O–H groups in total. The van der Waals surface area contributed by atoms with Crippen molar-refractivity contribution in [2.75, 3.05) is 13.9 Å². The average Bonchev–Trinajstić information content (AvgIpc) is 3.54. The molecule has 0 radical (unpaired) electrons. The standard InChI is InChI=1S/C29H21N3O6S/c1-36-19-9-6-17(7-10-19)27-21-11-8-16-4-2-3-5-20(16)26(21)30-29-31(27)28(33)25(39-29)13-18-12-23-24(38-15-37-23)14-22(18)32(34)35/h2-7,9-10,12-14,27H,8,11,15H2,1H3/b25-13+/t27-/m1/s1. The highest BCUT2D eigenvalue weighted by Crippen LogP contribution is 2.42. The Morgan fingerprint density at radius 1 is 1.10 bits per heavy atom. The monoisotopic (exact) mass is 539 g/mol. The maximum absolute atomic E-state index is 14.0. The van der Waals surface area contributed by atoms with E-state index in [0.29, 0.717) is 20.8 Å². The number of aromatic nitrogens is 1. The molecule has 39 heavy (non-hydrogen) atoms. The first kappa shape index (κ1) is 23.4. The highest BCUT2D eigenvalue weighted by Gasteiger charge is 2.33.